The molecule has 0 aromatic heterocycles. The van der Waals surface area contributed by atoms with Gasteiger partial charge in [-0.3, -0.25) is 0 Å². The molecule has 1 unspecified atom stereocenters. The molecule has 0 aromatic carbocycles. The van der Waals surface area contributed by atoms with E-state index in [1.807, 2.05) is 0 Å². The Morgan fingerprint density at radius 3 is 2.33 bits per heavy atom. The van der Waals surface area contributed by atoms with Crippen LogP contribution in [0, 0.1) is 0 Å². The van der Waals surface area contributed by atoms with E-state index in [9.17, 15) is 8.78 Å². The smallest absolute Gasteiger partial charge is 0.262 e. The zero-order valence-corrected chi connectivity index (χ0v) is 10.2. The van der Waals surface area contributed by atoms with Gasteiger partial charge in [-0.05, 0) is 32.4 Å². The minimum atomic E-state index is -2.48. The highest BCUT2D eigenvalue weighted by molar-refractivity contribution is 5.85. The summed E-state index contributed by atoms with van der Waals surface area (Å²) in [5.74, 6) is -2.48. The number of hydrogen-bond donors (Lipinski definition) is 2. The first kappa shape index (κ1) is 15.4. The van der Waals surface area contributed by atoms with Crippen LogP contribution in [0.4, 0.5) is 8.78 Å². The standard InChI is InChI=1S/C9H16F2N2.2ClH/c10-9(11)6-8(13-7-9)2-1-4-12-5-3-8;;/h12-13H,1-7H2;2*1H. The number of alkyl halides is 2. The summed E-state index contributed by atoms with van der Waals surface area (Å²) in [6.45, 7) is 1.70. The number of nitrogens with one attached hydrogen (secondary N) is 2. The molecule has 0 saturated carbocycles. The first-order chi connectivity index (χ1) is 6.12. The molecule has 0 radical (unpaired) electrons. The topological polar surface area (TPSA) is 24.1 Å². The molecular formula is C9H18Cl2F2N2. The Kier molecular flexibility index (Phi) is 5.75. The molecule has 1 atom stereocenters. The second kappa shape index (κ2) is 5.62. The zero-order chi connectivity index (χ0) is 9.36. The second-order valence-corrected chi connectivity index (χ2v) is 4.27. The molecule has 0 amide bonds. The van der Waals surface area contributed by atoms with Crippen molar-refractivity contribution in [1.29, 1.82) is 0 Å². The van der Waals surface area contributed by atoms with Gasteiger partial charge in [0.2, 0.25) is 0 Å². The van der Waals surface area contributed by atoms with Crippen molar-refractivity contribution in [2.45, 2.75) is 37.1 Å². The van der Waals surface area contributed by atoms with Crippen LogP contribution in [-0.4, -0.2) is 31.1 Å². The second-order valence-electron chi connectivity index (χ2n) is 4.27. The van der Waals surface area contributed by atoms with Gasteiger partial charge in [-0.15, -0.1) is 24.8 Å². The lowest BCUT2D eigenvalue weighted by atomic mass is 9.88. The zero-order valence-electron chi connectivity index (χ0n) is 8.52. The molecule has 0 aromatic rings. The molecule has 2 rings (SSSR count). The Bertz CT molecular complexity index is 189. The predicted molar refractivity (Wildman–Crippen MR) is 61.5 cm³/mol. The van der Waals surface area contributed by atoms with Gasteiger partial charge in [-0.1, -0.05) is 0 Å². The summed E-state index contributed by atoms with van der Waals surface area (Å²) >= 11 is 0. The molecule has 0 aliphatic carbocycles. The molecule has 2 nitrogen and oxygen atoms in total. The lowest BCUT2D eigenvalue weighted by Crippen LogP contribution is -2.40. The van der Waals surface area contributed by atoms with Crippen LogP contribution in [-0.2, 0) is 0 Å². The molecule has 2 fully saturated rings. The molecule has 15 heavy (non-hydrogen) atoms. The van der Waals surface area contributed by atoms with Crippen molar-refractivity contribution in [2.75, 3.05) is 19.6 Å². The largest absolute Gasteiger partial charge is 0.317 e. The predicted octanol–water partition coefficient (Wildman–Crippen LogP) is 1.97. The fraction of sp³-hybridized carbons (Fsp3) is 1.00. The fourth-order valence-corrected chi connectivity index (χ4v) is 2.42. The summed E-state index contributed by atoms with van der Waals surface area (Å²) in [5.41, 5.74) is -0.271. The first-order valence-electron chi connectivity index (χ1n) is 4.96. The summed E-state index contributed by atoms with van der Waals surface area (Å²) < 4.78 is 26.0. The van der Waals surface area contributed by atoms with Crippen LogP contribution in [0.1, 0.15) is 25.7 Å². The molecule has 2 aliphatic rings. The molecule has 2 N–H and O–H groups in total. The first-order valence-corrected chi connectivity index (χ1v) is 4.96. The van der Waals surface area contributed by atoms with E-state index in [-0.39, 0.29) is 43.3 Å². The Balaban J connectivity index is 0.000000980. The van der Waals surface area contributed by atoms with Crippen molar-refractivity contribution in [3.8, 4) is 0 Å². The maximum absolute atomic E-state index is 13.0. The van der Waals surface area contributed by atoms with Crippen molar-refractivity contribution in [2.24, 2.45) is 0 Å². The Morgan fingerprint density at radius 1 is 1.00 bits per heavy atom. The highest BCUT2D eigenvalue weighted by atomic mass is 35.5. The third kappa shape index (κ3) is 3.70. The quantitative estimate of drug-likeness (QED) is 0.698. The van der Waals surface area contributed by atoms with Crippen LogP contribution in [0.5, 0.6) is 0 Å². The molecule has 0 bridgehead atoms. The van der Waals surface area contributed by atoms with Crippen LogP contribution in [0.2, 0.25) is 0 Å². The van der Waals surface area contributed by atoms with Gasteiger partial charge in [0.15, 0.2) is 0 Å². The van der Waals surface area contributed by atoms with Gasteiger partial charge in [0, 0.05) is 12.0 Å². The van der Waals surface area contributed by atoms with Gasteiger partial charge < -0.3 is 10.6 Å². The minimum absolute atomic E-state index is 0. The lowest BCUT2D eigenvalue weighted by Gasteiger charge is -2.27. The maximum atomic E-state index is 13.0. The summed E-state index contributed by atoms with van der Waals surface area (Å²) in [5, 5.41) is 6.25. The SMILES string of the molecule is Cl.Cl.FC1(F)CNC2(CCCNCC2)C1. The van der Waals surface area contributed by atoms with Crippen molar-refractivity contribution >= 4 is 24.8 Å². The van der Waals surface area contributed by atoms with E-state index < -0.39 is 5.92 Å². The van der Waals surface area contributed by atoms with E-state index >= 15 is 0 Å². The van der Waals surface area contributed by atoms with Gasteiger partial charge in [-0.2, -0.15) is 0 Å². The van der Waals surface area contributed by atoms with E-state index in [1.54, 1.807) is 0 Å². The minimum Gasteiger partial charge on any atom is -0.317 e. The average Bonchev–Trinajstić information content (AvgIpc) is 2.26. The molecule has 92 valence electrons. The van der Waals surface area contributed by atoms with Crippen LogP contribution < -0.4 is 10.6 Å². The molecular weight excluding hydrogens is 245 g/mol. The van der Waals surface area contributed by atoms with Crippen LogP contribution in [0.3, 0.4) is 0 Å². The number of halogens is 4. The molecule has 1 spiro atoms. The number of hydrogen-bond acceptors (Lipinski definition) is 2. The Labute approximate surface area is 101 Å². The highest BCUT2D eigenvalue weighted by Crippen LogP contribution is 2.37. The van der Waals surface area contributed by atoms with Crippen molar-refractivity contribution in [3.05, 3.63) is 0 Å². The van der Waals surface area contributed by atoms with Gasteiger partial charge in [-0.25, -0.2) is 8.78 Å². The molecule has 2 saturated heterocycles. The van der Waals surface area contributed by atoms with Gasteiger partial charge in [0.05, 0.1) is 6.54 Å². The Morgan fingerprint density at radius 2 is 1.73 bits per heavy atom. The molecule has 2 aliphatic heterocycles. The summed E-state index contributed by atoms with van der Waals surface area (Å²) in [4.78, 5) is 0. The van der Waals surface area contributed by atoms with E-state index in [0.29, 0.717) is 0 Å². The third-order valence-corrected chi connectivity index (χ3v) is 3.11. The van der Waals surface area contributed by atoms with Gasteiger partial charge in [0.1, 0.15) is 0 Å². The summed E-state index contributed by atoms with van der Waals surface area (Å²) in [6.07, 6.45) is 2.75. The normalized spacial score (nSPS) is 34.0. The van der Waals surface area contributed by atoms with E-state index in [2.05, 4.69) is 10.6 Å². The maximum Gasteiger partial charge on any atom is 0.262 e. The van der Waals surface area contributed by atoms with E-state index in [4.69, 9.17) is 0 Å². The van der Waals surface area contributed by atoms with Crippen LogP contribution >= 0.6 is 24.8 Å². The van der Waals surface area contributed by atoms with Crippen LogP contribution in [0.25, 0.3) is 0 Å². The summed E-state index contributed by atoms with van der Waals surface area (Å²) in [7, 11) is 0. The van der Waals surface area contributed by atoms with E-state index in [1.165, 1.54) is 0 Å². The average molecular weight is 263 g/mol. The molecule has 6 heteroatoms. The van der Waals surface area contributed by atoms with Crippen LogP contribution in [0.15, 0.2) is 0 Å². The van der Waals surface area contributed by atoms with Gasteiger partial charge in [0.25, 0.3) is 5.92 Å². The third-order valence-electron chi connectivity index (χ3n) is 3.11. The van der Waals surface area contributed by atoms with E-state index in [0.717, 1.165) is 32.4 Å². The summed E-state index contributed by atoms with van der Waals surface area (Å²) in [6, 6.07) is 0. The van der Waals surface area contributed by atoms with Crippen molar-refractivity contribution < 1.29 is 8.78 Å². The fourth-order valence-electron chi connectivity index (χ4n) is 2.42. The monoisotopic (exact) mass is 262 g/mol. The highest BCUT2D eigenvalue weighted by Gasteiger charge is 2.48. The molecule has 2 heterocycles. The lowest BCUT2D eigenvalue weighted by molar-refractivity contribution is 0.0149. The van der Waals surface area contributed by atoms with Crippen molar-refractivity contribution in [3.63, 3.8) is 0 Å². The van der Waals surface area contributed by atoms with Crippen molar-refractivity contribution in [1.82, 2.24) is 10.6 Å². The Hall–Kier alpha value is 0.360. The number of rotatable bonds is 0. The van der Waals surface area contributed by atoms with Gasteiger partial charge >= 0.3 is 0 Å².